The van der Waals surface area contributed by atoms with Gasteiger partial charge in [-0.3, -0.25) is 4.79 Å². The third-order valence-electron chi connectivity index (χ3n) is 1.82. The normalized spacial score (nSPS) is 9.57. The molecule has 0 aliphatic heterocycles. The number of hydrogen-bond acceptors (Lipinski definition) is 4. The number of primary amides is 1. The summed E-state index contributed by atoms with van der Waals surface area (Å²) in [6.07, 6.45) is 0. The van der Waals surface area contributed by atoms with Crippen LogP contribution in [0.15, 0.2) is 12.1 Å². The number of carbonyl (C=O) groups excluding carboxylic acids is 1. The summed E-state index contributed by atoms with van der Waals surface area (Å²) in [5.74, 6) is 0.214. The summed E-state index contributed by atoms with van der Waals surface area (Å²) in [6.45, 7) is 0. The van der Waals surface area contributed by atoms with Crippen LogP contribution in [0.3, 0.4) is 0 Å². The maximum absolute atomic E-state index is 11.0. The number of anilines is 1. The molecule has 1 aromatic rings. The fraction of sp³-hybridized carbons (Fsp3) is 0.222. The van der Waals surface area contributed by atoms with Gasteiger partial charge in [0, 0.05) is 6.07 Å². The molecular formula is C9H12N2O3. The smallest absolute Gasteiger partial charge is 0.252 e. The van der Waals surface area contributed by atoms with Gasteiger partial charge in [0.15, 0.2) is 0 Å². The molecule has 1 aromatic carbocycles. The zero-order chi connectivity index (χ0) is 10.7. The Morgan fingerprint density at radius 2 is 1.79 bits per heavy atom. The van der Waals surface area contributed by atoms with Crippen molar-refractivity contribution in [3.05, 3.63) is 17.7 Å². The van der Waals surface area contributed by atoms with Crippen molar-refractivity contribution in [2.24, 2.45) is 5.73 Å². The van der Waals surface area contributed by atoms with Gasteiger partial charge in [0.05, 0.1) is 25.5 Å². The van der Waals surface area contributed by atoms with Crippen molar-refractivity contribution in [2.45, 2.75) is 0 Å². The maximum atomic E-state index is 11.0. The number of rotatable bonds is 3. The Labute approximate surface area is 81.6 Å². The van der Waals surface area contributed by atoms with E-state index in [1.165, 1.54) is 26.4 Å². The molecule has 0 saturated heterocycles. The summed E-state index contributed by atoms with van der Waals surface area (Å²) in [5, 5.41) is 0. The zero-order valence-corrected chi connectivity index (χ0v) is 8.03. The first kappa shape index (κ1) is 10.2. The standard InChI is InChI=1S/C9H12N2O3/c1-13-7-4-8(14-2)6(10)3-5(7)9(11)12/h3-4H,10H2,1-2H3,(H2,11,12). The van der Waals surface area contributed by atoms with E-state index >= 15 is 0 Å². The molecule has 0 heterocycles. The van der Waals surface area contributed by atoms with Gasteiger partial charge >= 0.3 is 0 Å². The molecule has 0 atom stereocenters. The van der Waals surface area contributed by atoms with Crippen LogP contribution in [-0.4, -0.2) is 20.1 Å². The minimum Gasteiger partial charge on any atom is -0.496 e. The molecule has 0 radical (unpaired) electrons. The SMILES string of the molecule is COc1cc(OC)c(C(N)=O)cc1N. The number of carbonyl (C=O) groups is 1. The quantitative estimate of drug-likeness (QED) is 0.684. The molecule has 14 heavy (non-hydrogen) atoms. The first-order chi connectivity index (χ1) is 6.60. The lowest BCUT2D eigenvalue weighted by atomic mass is 10.1. The third kappa shape index (κ3) is 1.71. The molecule has 0 aliphatic carbocycles. The van der Waals surface area contributed by atoms with E-state index in [0.717, 1.165) is 0 Å². The number of benzene rings is 1. The van der Waals surface area contributed by atoms with Gasteiger partial charge in [-0.1, -0.05) is 0 Å². The molecule has 5 heteroatoms. The topological polar surface area (TPSA) is 87.6 Å². The van der Waals surface area contributed by atoms with Crippen LogP contribution in [0.1, 0.15) is 10.4 Å². The second kappa shape index (κ2) is 3.87. The van der Waals surface area contributed by atoms with Crippen LogP contribution in [0, 0.1) is 0 Å². The van der Waals surface area contributed by atoms with Crippen LogP contribution < -0.4 is 20.9 Å². The molecule has 1 rings (SSSR count). The van der Waals surface area contributed by atoms with Gasteiger partial charge < -0.3 is 20.9 Å². The van der Waals surface area contributed by atoms with Crippen molar-refractivity contribution in [3.8, 4) is 11.5 Å². The Kier molecular flexibility index (Phi) is 2.81. The fourth-order valence-electron chi connectivity index (χ4n) is 1.12. The number of ether oxygens (including phenoxy) is 2. The Hall–Kier alpha value is -1.91. The van der Waals surface area contributed by atoms with Crippen molar-refractivity contribution in [1.82, 2.24) is 0 Å². The van der Waals surface area contributed by atoms with Gasteiger partial charge in [-0.25, -0.2) is 0 Å². The average molecular weight is 196 g/mol. The van der Waals surface area contributed by atoms with Gasteiger partial charge in [0.25, 0.3) is 5.91 Å². The predicted molar refractivity (Wildman–Crippen MR) is 52.5 cm³/mol. The lowest BCUT2D eigenvalue weighted by molar-refractivity contribution is 0.0997. The molecule has 76 valence electrons. The maximum Gasteiger partial charge on any atom is 0.252 e. The first-order valence-corrected chi connectivity index (χ1v) is 3.91. The van der Waals surface area contributed by atoms with E-state index in [4.69, 9.17) is 20.9 Å². The van der Waals surface area contributed by atoms with Gasteiger partial charge in [-0.15, -0.1) is 0 Å². The van der Waals surface area contributed by atoms with Gasteiger partial charge in [-0.05, 0) is 6.07 Å². The molecule has 4 N–H and O–H groups in total. The van der Waals surface area contributed by atoms with Crippen LogP contribution in [-0.2, 0) is 0 Å². The Balaban J connectivity index is 3.31. The van der Waals surface area contributed by atoms with Crippen molar-refractivity contribution in [1.29, 1.82) is 0 Å². The number of hydrogen-bond donors (Lipinski definition) is 2. The van der Waals surface area contributed by atoms with E-state index in [1.807, 2.05) is 0 Å². The number of amides is 1. The van der Waals surface area contributed by atoms with Crippen molar-refractivity contribution in [3.63, 3.8) is 0 Å². The molecule has 0 bridgehead atoms. The first-order valence-electron chi connectivity index (χ1n) is 3.91. The van der Waals surface area contributed by atoms with Crippen molar-refractivity contribution < 1.29 is 14.3 Å². The molecule has 0 unspecified atom stereocenters. The second-order valence-corrected chi connectivity index (χ2v) is 2.66. The fourth-order valence-corrected chi connectivity index (χ4v) is 1.12. The monoisotopic (exact) mass is 196 g/mol. The number of methoxy groups -OCH3 is 2. The molecule has 0 fully saturated rings. The Morgan fingerprint density at radius 3 is 2.21 bits per heavy atom. The van der Waals surface area contributed by atoms with E-state index < -0.39 is 5.91 Å². The van der Waals surface area contributed by atoms with Crippen molar-refractivity contribution >= 4 is 11.6 Å². The highest BCUT2D eigenvalue weighted by molar-refractivity contribution is 5.97. The Bertz CT molecular complexity index is 363. The predicted octanol–water partition coefficient (Wildman–Crippen LogP) is 0.385. The minimum absolute atomic E-state index is 0.241. The van der Waals surface area contributed by atoms with E-state index in [9.17, 15) is 4.79 Å². The van der Waals surface area contributed by atoms with Gasteiger partial charge in [0.1, 0.15) is 11.5 Å². The van der Waals surface area contributed by atoms with Crippen LogP contribution >= 0.6 is 0 Å². The van der Waals surface area contributed by atoms with E-state index in [-0.39, 0.29) is 5.56 Å². The van der Waals surface area contributed by atoms with Crippen LogP contribution in [0.25, 0.3) is 0 Å². The van der Waals surface area contributed by atoms with E-state index in [2.05, 4.69) is 0 Å². The van der Waals surface area contributed by atoms with Gasteiger partial charge in [0.2, 0.25) is 0 Å². The lowest BCUT2D eigenvalue weighted by Crippen LogP contribution is -2.13. The molecular weight excluding hydrogens is 184 g/mol. The molecule has 0 aromatic heterocycles. The summed E-state index contributed by atoms with van der Waals surface area (Å²) in [7, 11) is 2.92. The summed E-state index contributed by atoms with van der Waals surface area (Å²) in [4.78, 5) is 11.0. The van der Waals surface area contributed by atoms with Crippen LogP contribution in [0.5, 0.6) is 11.5 Å². The summed E-state index contributed by atoms with van der Waals surface area (Å²) in [6, 6.07) is 2.95. The zero-order valence-electron chi connectivity index (χ0n) is 8.03. The second-order valence-electron chi connectivity index (χ2n) is 2.66. The van der Waals surface area contributed by atoms with Gasteiger partial charge in [-0.2, -0.15) is 0 Å². The average Bonchev–Trinajstić information content (AvgIpc) is 2.17. The number of nitrogens with two attached hydrogens (primary N) is 2. The molecule has 5 nitrogen and oxygen atoms in total. The largest absolute Gasteiger partial charge is 0.496 e. The molecule has 0 saturated carbocycles. The number of nitrogen functional groups attached to an aromatic ring is 1. The Morgan fingerprint density at radius 1 is 1.21 bits per heavy atom. The molecule has 0 aliphatic rings. The van der Waals surface area contributed by atoms with Crippen LogP contribution in [0.2, 0.25) is 0 Å². The highest BCUT2D eigenvalue weighted by Gasteiger charge is 2.12. The minimum atomic E-state index is -0.587. The van der Waals surface area contributed by atoms with Crippen LogP contribution in [0.4, 0.5) is 5.69 Å². The molecule has 1 amide bonds. The lowest BCUT2D eigenvalue weighted by Gasteiger charge is -2.10. The van der Waals surface area contributed by atoms with E-state index in [1.54, 1.807) is 0 Å². The summed E-state index contributed by atoms with van der Waals surface area (Å²) in [5.41, 5.74) is 11.3. The highest BCUT2D eigenvalue weighted by atomic mass is 16.5. The summed E-state index contributed by atoms with van der Waals surface area (Å²) >= 11 is 0. The summed E-state index contributed by atoms with van der Waals surface area (Å²) < 4.78 is 9.93. The van der Waals surface area contributed by atoms with Crippen molar-refractivity contribution in [2.75, 3.05) is 20.0 Å². The highest BCUT2D eigenvalue weighted by Crippen LogP contribution is 2.30. The molecule has 0 spiro atoms. The van der Waals surface area contributed by atoms with E-state index in [0.29, 0.717) is 17.2 Å². The third-order valence-corrected chi connectivity index (χ3v) is 1.82.